The first kappa shape index (κ1) is 12.5. The molecular weight excluding hydrogens is 219 g/mol. The zero-order chi connectivity index (χ0) is 12.3. The van der Waals surface area contributed by atoms with Crippen molar-refractivity contribution in [3.8, 4) is 0 Å². The molecule has 3 heteroatoms. The summed E-state index contributed by atoms with van der Waals surface area (Å²) >= 11 is 0. The molecular formula is C14H19FO2. The average molecular weight is 238 g/mol. The maximum absolute atomic E-state index is 12.8. The Kier molecular flexibility index (Phi) is 3.79. The van der Waals surface area contributed by atoms with Crippen molar-refractivity contribution in [3.63, 3.8) is 0 Å². The van der Waals surface area contributed by atoms with E-state index in [1.54, 1.807) is 19.1 Å². The van der Waals surface area contributed by atoms with Gasteiger partial charge in [0.05, 0.1) is 5.60 Å². The molecule has 1 saturated heterocycles. The second-order valence-corrected chi connectivity index (χ2v) is 5.04. The quantitative estimate of drug-likeness (QED) is 0.877. The van der Waals surface area contributed by atoms with E-state index in [0.717, 1.165) is 31.6 Å². The molecule has 0 bridgehead atoms. The summed E-state index contributed by atoms with van der Waals surface area (Å²) in [6.45, 7) is 3.37. The Labute approximate surface area is 101 Å². The second kappa shape index (κ2) is 5.15. The lowest BCUT2D eigenvalue weighted by molar-refractivity contribution is -0.00307. The molecule has 0 radical (unpaired) electrons. The SMILES string of the molecule is CC(O)(CC1CCOCC1)c1ccc(F)cc1. The van der Waals surface area contributed by atoms with Gasteiger partial charge < -0.3 is 9.84 Å². The molecule has 1 N–H and O–H groups in total. The summed E-state index contributed by atoms with van der Waals surface area (Å²) in [6.07, 6.45) is 2.71. The van der Waals surface area contributed by atoms with E-state index in [0.29, 0.717) is 12.3 Å². The lowest BCUT2D eigenvalue weighted by Gasteiger charge is -2.31. The van der Waals surface area contributed by atoms with Crippen molar-refractivity contribution in [2.45, 2.75) is 31.8 Å². The van der Waals surface area contributed by atoms with E-state index in [2.05, 4.69) is 0 Å². The van der Waals surface area contributed by atoms with Gasteiger partial charge in [-0.3, -0.25) is 0 Å². The third-order valence-corrected chi connectivity index (χ3v) is 3.49. The molecule has 1 aromatic rings. The molecule has 1 aromatic carbocycles. The molecule has 1 unspecified atom stereocenters. The highest BCUT2D eigenvalue weighted by atomic mass is 19.1. The maximum Gasteiger partial charge on any atom is 0.123 e. The predicted molar refractivity (Wildman–Crippen MR) is 64.1 cm³/mol. The number of hydrogen-bond acceptors (Lipinski definition) is 2. The minimum Gasteiger partial charge on any atom is -0.385 e. The Morgan fingerprint density at radius 3 is 2.47 bits per heavy atom. The number of benzene rings is 1. The largest absolute Gasteiger partial charge is 0.385 e. The standard InChI is InChI=1S/C14H19FO2/c1-14(16,10-11-6-8-17-9-7-11)12-2-4-13(15)5-3-12/h2-5,11,16H,6-10H2,1H3. The Bertz CT molecular complexity index is 353. The van der Waals surface area contributed by atoms with Crippen molar-refractivity contribution in [2.24, 2.45) is 5.92 Å². The van der Waals surface area contributed by atoms with Crippen LogP contribution in [0.1, 0.15) is 31.7 Å². The lowest BCUT2D eigenvalue weighted by Crippen LogP contribution is -2.28. The lowest BCUT2D eigenvalue weighted by atomic mass is 9.83. The molecule has 0 amide bonds. The zero-order valence-corrected chi connectivity index (χ0v) is 10.2. The van der Waals surface area contributed by atoms with Crippen molar-refractivity contribution in [1.82, 2.24) is 0 Å². The molecule has 17 heavy (non-hydrogen) atoms. The summed E-state index contributed by atoms with van der Waals surface area (Å²) in [5.74, 6) is 0.222. The van der Waals surface area contributed by atoms with Crippen molar-refractivity contribution in [3.05, 3.63) is 35.6 Å². The van der Waals surface area contributed by atoms with E-state index in [-0.39, 0.29) is 5.82 Å². The van der Waals surface area contributed by atoms with Gasteiger partial charge in [-0.25, -0.2) is 4.39 Å². The number of aliphatic hydroxyl groups is 1. The minimum atomic E-state index is -0.879. The summed E-state index contributed by atoms with van der Waals surface area (Å²) < 4.78 is 18.1. The van der Waals surface area contributed by atoms with Gasteiger partial charge in [-0.2, -0.15) is 0 Å². The molecule has 0 aliphatic carbocycles. The first-order valence-corrected chi connectivity index (χ1v) is 6.14. The van der Waals surface area contributed by atoms with Gasteiger partial charge in [0, 0.05) is 13.2 Å². The highest BCUT2D eigenvalue weighted by Crippen LogP contribution is 2.32. The first-order valence-electron chi connectivity index (χ1n) is 6.14. The van der Waals surface area contributed by atoms with Gasteiger partial charge in [0.25, 0.3) is 0 Å². The molecule has 1 fully saturated rings. The molecule has 0 saturated carbocycles. The fourth-order valence-electron chi connectivity index (χ4n) is 2.44. The third kappa shape index (κ3) is 3.27. The molecule has 2 nitrogen and oxygen atoms in total. The molecule has 0 spiro atoms. The Morgan fingerprint density at radius 1 is 1.29 bits per heavy atom. The molecule has 94 valence electrons. The molecule has 1 atom stereocenters. The second-order valence-electron chi connectivity index (χ2n) is 5.04. The van der Waals surface area contributed by atoms with Crippen LogP contribution < -0.4 is 0 Å². The van der Waals surface area contributed by atoms with Crippen LogP contribution in [0, 0.1) is 11.7 Å². The van der Waals surface area contributed by atoms with Gasteiger partial charge in [-0.05, 0) is 49.8 Å². The van der Waals surface area contributed by atoms with Crippen molar-refractivity contribution in [1.29, 1.82) is 0 Å². The van der Waals surface area contributed by atoms with Gasteiger partial charge in [-0.1, -0.05) is 12.1 Å². The van der Waals surface area contributed by atoms with Crippen molar-refractivity contribution >= 4 is 0 Å². The number of hydrogen-bond donors (Lipinski definition) is 1. The van der Waals surface area contributed by atoms with Crippen molar-refractivity contribution in [2.75, 3.05) is 13.2 Å². The molecule has 1 aliphatic rings. The van der Waals surface area contributed by atoms with Crippen LogP contribution in [0.2, 0.25) is 0 Å². The van der Waals surface area contributed by atoms with Gasteiger partial charge in [0.15, 0.2) is 0 Å². The highest BCUT2D eigenvalue weighted by Gasteiger charge is 2.28. The van der Waals surface area contributed by atoms with Crippen molar-refractivity contribution < 1.29 is 14.2 Å². The van der Waals surface area contributed by atoms with Gasteiger partial charge in [-0.15, -0.1) is 0 Å². The van der Waals surface area contributed by atoms with Crippen LogP contribution in [0.5, 0.6) is 0 Å². The van der Waals surface area contributed by atoms with Crippen LogP contribution in [0.25, 0.3) is 0 Å². The smallest absolute Gasteiger partial charge is 0.123 e. The molecule has 0 aromatic heterocycles. The van der Waals surface area contributed by atoms with E-state index >= 15 is 0 Å². The summed E-state index contributed by atoms with van der Waals surface area (Å²) in [5, 5.41) is 10.5. The highest BCUT2D eigenvalue weighted by molar-refractivity contribution is 5.22. The van der Waals surface area contributed by atoms with Crippen LogP contribution in [0.4, 0.5) is 4.39 Å². The van der Waals surface area contributed by atoms with E-state index in [9.17, 15) is 9.50 Å². The zero-order valence-electron chi connectivity index (χ0n) is 10.2. The van der Waals surface area contributed by atoms with Crippen LogP contribution in [-0.4, -0.2) is 18.3 Å². The van der Waals surface area contributed by atoms with E-state index in [1.165, 1.54) is 12.1 Å². The van der Waals surface area contributed by atoms with Gasteiger partial charge in [0.2, 0.25) is 0 Å². The monoisotopic (exact) mass is 238 g/mol. The number of rotatable bonds is 3. The van der Waals surface area contributed by atoms with E-state index < -0.39 is 5.60 Å². The summed E-state index contributed by atoms with van der Waals surface area (Å²) in [6, 6.07) is 6.12. The number of halogens is 1. The molecule has 2 rings (SSSR count). The minimum absolute atomic E-state index is 0.268. The Morgan fingerprint density at radius 2 is 1.88 bits per heavy atom. The van der Waals surface area contributed by atoms with E-state index in [4.69, 9.17) is 4.74 Å². The normalized spacial score (nSPS) is 21.1. The van der Waals surface area contributed by atoms with Gasteiger partial charge in [0.1, 0.15) is 5.82 Å². The first-order chi connectivity index (χ1) is 8.08. The fraction of sp³-hybridized carbons (Fsp3) is 0.571. The van der Waals surface area contributed by atoms with Crippen LogP contribution >= 0.6 is 0 Å². The predicted octanol–water partition coefficient (Wildman–Crippen LogP) is 2.85. The maximum atomic E-state index is 12.8. The molecule has 1 aliphatic heterocycles. The van der Waals surface area contributed by atoms with Crippen LogP contribution in [-0.2, 0) is 10.3 Å². The van der Waals surface area contributed by atoms with Crippen LogP contribution in [0.3, 0.4) is 0 Å². The Balaban J connectivity index is 2.04. The summed E-state index contributed by atoms with van der Waals surface area (Å²) in [4.78, 5) is 0. The van der Waals surface area contributed by atoms with E-state index in [1.807, 2.05) is 0 Å². The molecule has 1 heterocycles. The van der Waals surface area contributed by atoms with Gasteiger partial charge >= 0.3 is 0 Å². The average Bonchev–Trinajstić information content (AvgIpc) is 2.30. The fourth-order valence-corrected chi connectivity index (χ4v) is 2.44. The third-order valence-electron chi connectivity index (χ3n) is 3.49. The Hall–Kier alpha value is -0.930. The topological polar surface area (TPSA) is 29.5 Å². The summed E-state index contributed by atoms with van der Waals surface area (Å²) in [7, 11) is 0. The van der Waals surface area contributed by atoms with Crippen LogP contribution in [0.15, 0.2) is 24.3 Å². The summed E-state index contributed by atoms with van der Waals surface area (Å²) in [5.41, 5.74) is -0.0965. The number of ether oxygens (including phenoxy) is 1.